The monoisotopic (exact) mass is 201 g/mol. The van der Waals surface area contributed by atoms with E-state index in [1.807, 2.05) is 0 Å². The van der Waals surface area contributed by atoms with Crippen molar-refractivity contribution in [2.75, 3.05) is 53.0 Å². The van der Waals surface area contributed by atoms with E-state index in [0.29, 0.717) is 6.61 Å². The van der Waals surface area contributed by atoms with Crippen LogP contribution in [0.3, 0.4) is 0 Å². The molecule has 1 heterocycles. The Morgan fingerprint density at radius 2 is 2.00 bits per heavy atom. The maximum atomic E-state index is 10.4. The summed E-state index contributed by atoms with van der Waals surface area (Å²) in [6.45, 7) is 5.89. The molecule has 0 aromatic carbocycles. The molecule has 1 rings (SSSR count). The van der Waals surface area contributed by atoms with Gasteiger partial charge in [0.2, 0.25) is 5.91 Å². The molecule has 1 fully saturated rings. The zero-order valence-corrected chi connectivity index (χ0v) is 8.74. The Labute approximate surface area is 84.8 Å². The lowest BCUT2D eigenvalue weighted by Gasteiger charge is -2.32. The molecule has 0 spiro atoms. The molecule has 0 radical (unpaired) electrons. The Balaban J connectivity index is 1.99. The summed E-state index contributed by atoms with van der Waals surface area (Å²) in [4.78, 5) is 15.0. The van der Waals surface area contributed by atoms with E-state index < -0.39 is 5.91 Å². The number of hydrogen-bond donors (Lipinski definition) is 1. The van der Waals surface area contributed by atoms with Crippen molar-refractivity contribution in [2.24, 2.45) is 5.73 Å². The Morgan fingerprint density at radius 3 is 2.57 bits per heavy atom. The average molecular weight is 201 g/mol. The standard InChI is InChI=1S/C9H19N3O2/c1-11-2-4-12(5-3-11)6-7-14-8-9(10)13/h2-8H2,1H3,(H2,10,13). The second-order valence-electron chi connectivity index (χ2n) is 3.66. The van der Waals surface area contributed by atoms with E-state index >= 15 is 0 Å². The van der Waals surface area contributed by atoms with Gasteiger partial charge in [-0.25, -0.2) is 0 Å². The van der Waals surface area contributed by atoms with Crippen LogP contribution in [-0.4, -0.2) is 68.7 Å². The van der Waals surface area contributed by atoms with Crippen LogP contribution in [0.4, 0.5) is 0 Å². The van der Waals surface area contributed by atoms with Crippen LogP contribution in [0.5, 0.6) is 0 Å². The summed E-state index contributed by atoms with van der Waals surface area (Å²) in [7, 11) is 2.13. The lowest BCUT2D eigenvalue weighted by Crippen LogP contribution is -2.45. The molecule has 1 amide bonds. The molecular formula is C9H19N3O2. The van der Waals surface area contributed by atoms with Crippen LogP contribution in [-0.2, 0) is 9.53 Å². The molecule has 0 unspecified atom stereocenters. The van der Waals surface area contributed by atoms with Crippen molar-refractivity contribution in [3.63, 3.8) is 0 Å². The van der Waals surface area contributed by atoms with E-state index in [-0.39, 0.29) is 6.61 Å². The molecule has 0 aliphatic carbocycles. The molecule has 2 N–H and O–H groups in total. The third-order valence-electron chi connectivity index (χ3n) is 2.39. The highest BCUT2D eigenvalue weighted by Gasteiger charge is 2.12. The quantitative estimate of drug-likeness (QED) is 0.564. The third-order valence-corrected chi connectivity index (χ3v) is 2.39. The Kier molecular flexibility index (Phi) is 4.86. The first kappa shape index (κ1) is 11.4. The summed E-state index contributed by atoms with van der Waals surface area (Å²) in [6.07, 6.45) is 0. The van der Waals surface area contributed by atoms with Gasteiger partial charge < -0.3 is 15.4 Å². The highest BCUT2D eigenvalue weighted by Crippen LogP contribution is 1.97. The zero-order valence-electron chi connectivity index (χ0n) is 8.74. The molecule has 1 aliphatic heterocycles. The largest absolute Gasteiger partial charge is 0.370 e. The van der Waals surface area contributed by atoms with Crippen molar-refractivity contribution in [2.45, 2.75) is 0 Å². The van der Waals surface area contributed by atoms with E-state index in [9.17, 15) is 4.79 Å². The first-order chi connectivity index (χ1) is 6.68. The van der Waals surface area contributed by atoms with Gasteiger partial charge in [0.1, 0.15) is 6.61 Å². The van der Waals surface area contributed by atoms with Gasteiger partial charge in [0.25, 0.3) is 0 Å². The molecule has 5 nitrogen and oxygen atoms in total. The summed E-state index contributed by atoms with van der Waals surface area (Å²) >= 11 is 0. The van der Waals surface area contributed by atoms with Gasteiger partial charge >= 0.3 is 0 Å². The van der Waals surface area contributed by atoms with Gasteiger partial charge in [0, 0.05) is 32.7 Å². The van der Waals surface area contributed by atoms with Gasteiger partial charge in [-0.2, -0.15) is 0 Å². The Bertz CT molecular complexity index is 179. The summed E-state index contributed by atoms with van der Waals surface area (Å²) in [5, 5.41) is 0. The molecule has 1 saturated heterocycles. The lowest BCUT2D eigenvalue weighted by molar-refractivity contribution is -0.122. The second kappa shape index (κ2) is 5.95. The van der Waals surface area contributed by atoms with Crippen LogP contribution in [0.2, 0.25) is 0 Å². The normalized spacial score (nSPS) is 19.8. The minimum Gasteiger partial charge on any atom is -0.370 e. The van der Waals surface area contributed by atoms with Crippen LogP contribution in [0, 0.1) is 0 Å². The summed E-state index contributed by atoms with van der Waals surface area (Å²) in [5.74, 6) is -0.400. The van der Waals surface area contributed by atoms with Gasteiger partial charge in [-0.1, -0.05) is 0 Å². The summed E-state index contributed by atoms with van der Waals surface area (Å²) < 4.78 is 5.09. The molecule has 82 valence electrons. The summed E-state index contributed by atoms with van der Waals surface area (Å²) in [5.41, 5.74) is 4.95. The Hall–Kier alpha value is -0.650. The number of likely N-dealkylation sites (N-methyl/N-ethyl adjacent to an activating group) is 1. The predicted molar refractivity (Wildman–Crippen MR) is 54.0 cm³/mol. The molecule has 0 aromatic rings. The van der Waals surface area contributed by atoms with Gasteiger partial charge in [-0.05, 0) is 7.05 Å². The van der Waals surface area contributed by atoms with Crippen molar-refractivity contribution < 1.29 is 9.53 Å². The highest BCUT2D eigenvalue weighted by molar-refractivity contribution is 5.74. The molecule has 0 aromatic heterocycles. The van der Waals surface area contributed by atoms with Gasteiger partial charge in [-0.3, -0.25) is 9.69 Å². The maximum Gasteiger partial charge on any atom is 0.243 e. The number of carbonyl (C=O) groups is 1. The number of piperazine rings is 1. The number of nitrogens with two attached hydrogens (primary N) is 1. The smallest absolute Gasteiger partial charge is 0.243 e. The van der Waals surface area contributed by atoms with Crippen molar-refractivity contribution in [3.05, 3.63) is 0 Å². The molecule has 1 aliphatic rings. The van der Waals surface area contributed by atoms with Crippen molar-refractivity contribution in [1.29, 1.82) is 0 Å². The van der Waals surface area contributed by atoms with Gasteiger partial charge in [0.05, 0.1) is 6.61 Å². The molecule has 14 heavy (non-hydrogen) atoms. The second-order valence-corrected chi connectivity index (χ2v) is 3.66. The minimum atomic E-state index is -0.400. The van der Waals surface area contributed by atoms with E-state index in [0.717, 1.165) is 32.7 Å². The maximum absolute atomic E-state index is 10.4. The number of nitrogens with zero attached hydrogens (tertiary/aromatic N) is 2. The molecule has 5 heteroatoms. The fourth-order valence-electron chi connectivity index (χ4n) is 1.44. The van der Waals surface area contributed by atoms with E-state index in [1.165, 1.54) is 0 Å². The number of amides is 1. The third kappa shape index (κ3) is 4.55. The average Bonchev–Trinajstić information content (AvgIpc) is 2.15. The van der Waals surface area contributed by atoms with E-state index in [2.05, 4.69) is 16.8 Å². The number of rotatable bonds is 5. The SMILES string of the molecule is CN1CCN(CCOCC(N)=O)CC1. The zero-order chi connectivity index (χ0) is 10.4. The molecule has 0 atom stereocenters. The van der Waals surface area contributed by atoms with Crippen LogP contribution in [0.1, 0.15) is 0 Å². The van der Waals surface area contributed by atoms with Gasteiger partial charge in [0.15, 0.2) is 0 Å². The van der Waals surface area contributed by atoms with Crippen molar-refractivity contribution in [1.82, 2.24) is 9.80 Å². The molecule has 0 saturated carbocycles. The summed E-state index contributed by atoms with van der Waals surface area (Å²) in [6, 6.07) is 0. The van der Waals surface area contributed by atoms with Gasteiger partial charge in [-0.15, -0.1) is 0 Å². The number of primary amides is 1. The molecule has 0 bridgehead atoms. The van der Waals surface area contributed by atoms with Crippen molar-refractivity contribution in [3.8, 4) is 0 Å². The highest BCUT2D eigenvalue weighted by atomic mass is 16.5. The predicted octanol–water partition coefficient (Wildman–Crippen LogP) is -1.26. The first-order valence-corrected chi connectivity index (χ1v) is 4.95. The van der Waals surface area contributed by atoms with Crippen LogP contribution < -0.4 is 5.73 Å². The van der Waals surface area contributed by atoms with Crippen LogP contribution >= 0.6 is 0 Å². The number of ether oxygens (including phenoxy) is 1. The molecular weight excluding hydrogens is 182 g/mol. The number of hydrogen-bond acceptors (Lipinski definition) is 4. The van der Waals surface area contributed by atoms with Crippen LogP contribution in [0.15, 0.2) is 0 Å². The fourth-order valence-corrected chi connectivity index (χ4v) is 1.44. The lowest BCUT2D eigenvalue weighted by atomic mass is 10.3. The van der Waals surface area contributed by atoms with E-state index in [4.69, 9.17) is 10.5 Å². The number of carbonyl (C=O) groups excluding carboxylic acids is 1. The van der Waals surface area contributed by atoms with E-state index in [1.54, 1.807) is 0 Å². The first-order valence-electron chi connectivity index (χ1n) is 4.95. The van der Waals surface area contributed by atoms with Crippen molar-refractivity contribution >= 4 is 5.91 Å². The van der Waals surface area contributed by atoms with Crippen LogP contribution in [0.25, 0.3) is 0 Å². The minimum absolute atomic E-state index is 0.0355. The fraction of sp³-hybridized carbons (Fsp3) is 0.889. The Morgan fingerprint density at radius 1 is 1.36 bits per heavy atom. The topological polar surface area (TPSA) is 58.8 Å².